The van der Waals surface area contributed by atoms with Gasteiger partial charge in [0.1, 0.15) is 12.7 Å². The molecular formula is C20H30N2O11. The Morgan fingerprint density at radius 1 is 0.939 bits per heavy atom. The van der Waals surface area contributed by atoms with E-state index in [1.54, 1.807) is 6.92 Å². The predicted octanol–water partition coefficient (Wildman–Crippen LogP) is 2.35. The molecule has 0 aromatic rings. The first-order valence-electron chi connectivity index (χ1n) is 10.3. The highest BCUT2D eigenvalue weighted by molar-refractivity contribution is 6.23. The molecule has 0 fully saturated rings. The van der Waals surface area contributed by atoms with E-state index in [1.165, 1.54) is 14.2 Å². The molecule has 0 saturated carbocycles. The number of Topliss-reactive ketones (excluding diaryl/α,β-unsaturated/α-hetero) is 2. The Kier molecular flexibility index (Phi) is 10.7. The Balaban J connectivity index is 2.54. The van der Waals surface area contributed by atoms with Crippen LogP contribution in [0.5, 0.6) is 0 Å². The highest BCUT2D eigenvalue weighted by Gasteiger charge is 2.41. The molecule has 0 N–H and O–H groups in total. The summed E-state index contributed by atoms with van der Waals surface area (Å²) >= 11 is 0. The molecule has 1 aliphatic rings. The van der Waals surface area contributed by atoms with Gasteiger partial charge in [0.25, 0.3) is 10.2 Å². The molecule has 0 radical (unpaired) electrons. The van der Waals surface area contributed by atoms with Gasteiger partial charge in [-0.2, -0.15) is 0 Å². The molecule has 0 unspecified atom stereocenters. The number of hydrogen-bond donors (Lipinski definition) is 0. The summed E-state index contributed by atoms with van der Waals surface area (Å²) in [7, 11) is 2.61. The molecule has 0 aromatic heterocycles. The summed E-state index contributed by atoms with van der Waals surface area (Å²) in [6.07, 6.45) is 0.571. The summed E-state index contributed by atoms with van der Waals surface area (Å²) in [5, 5.41) is 18.6. The van der Waals surface area contributed by atoms with Crippen molar-refractivity contribution in [2.24, 2.45) is 5.41 Å². The zero-order chi connectivity index (χ0) is 25.2. The Labute approximate surface area is 190 Å². The summed E-state index contributed by atoms with van der Waals surface area (Å²) in [5.74, 6) is -1.03. The van der Waals surface area contributed by atoms with E-state index >= 15 is 0 Å². The lowest BCUT2D eigenvalue weighted by atomic mass is 9.73. The van der Waals surface area contributed by atoms with E-state index in [0.717, 1.165) is 0 Å². The predicted molar refractivity (Wildman–Crippen MR) is 112 cm³/mol. The van der Waals surface area contributed by atoms with Gasteiger partial charge < -0.3 is 23.9 Å². The largest absolute Gasteiger partial charge is 0.489 e. The molecule has 186 valence electrons. The minimum Gasteiger partial charge on any atom is -0.489 e. The Morgan fingerprint density at radius 2 is 1.55 bits per heavy atom. The number of unbranched alkanes of at least 4 members (excludes halogenated alkanes) is 1. The first-order chi connectivity index (χ1) is 15.5. The normalized spacial score (nSPS) is 15.4. The molecule has 0 amide bonds. The van der Waals surface area contributed by atoms with Gasteiger partial charge in [0, 0.05) is 24.4 Å². The lowest BCUT2D eigenvalue weighted by molar-refractivity contribution is -0.790. The van der Waals surface area contributed by atoms with E-state index in [1.807, 2.05) is 13.8 Å². The van der Waals surface area contributed by atoms with E-state index in [4.69, 9.17) is 14.2 Å². The van der Waals surface area contributed by atoms with Crippen molar-refractivity contribution in [1.82, 2.24) is 0 Å². The van der Waals surface area contributed by atoms with Gasteiger partial charge in [0.05, 0.1) is 14.2 Å². The monoisotopic (exact) mass is 474 g/mol. The highest BCUT2D eigenvalue weighted by atomic mass is 17.0. The summed E-state index contributed by atoms with van der Waals surface area (Å²) in [6, 6.07) is 0. The molecule has 0 aliphatic heterocycles. The van der Waals surface area contributed by atoms with Gasteiger partial charge in [-0.3, -0.25) is 9.59 Å². The Bertz CT molecular complexity index is 817. The molecule has 1 rings (SSSR count). The van der Waals surface area contributed by atoms with Crippen LogP contribution in [-0.4, -0.2) is 61.9 Å². The second kappa shape index (κ2) is 12.7. The number of carbonyl (C=O) groups is 2. The van der Waals surface area contributed by atoms with Crippen LogP contribution in [0.3, 0.4) is 0 Å². The zero-order valence-electron chi connectivity index (χ0n) is 19.4. The summed E-state index contributed by atoms with van der Waals surface area (Å²) in [5.41, 5.74) is -0.0274. The van der Waals surface area contributed by atoms with Gasteiger partial charge in [0.15, 0.2) is 0 Å². The third kappa shape index (κ3) is 8.00. The van der Waals surface area contributed by atoms with Gasteiger partial charge in [-0.25, -0.2) is 0 Å². The highest BCUT2D eigenvalue weighted by Crippen LogP contribution is 2.39. The molecule has 33 heavy (non-hydrogen) atoms. The molecule has 0 bridgehead atoms. The molecule has 0 aromatic carbocycles. The lowest BCUT2D eigenvalue weighted by Gasteiger charge is -2.31. The number of carbonyl (C=O) groups excluding carboxylic acids is 2. The molecule has 1 aliphatic carbocycles. The van der Waals surface area contributed by atoms with Crippen LogP contribution in [0.1, 0.15) is 46.5 Å². The number of ketones is 2. The van der Waals surface area contributed by atoms with Crippen LogP contribution in [0, 0.1) is 25.6 Å². The zero-order valence-corrected chi connectivity index (χ0v) is 19.4. The van der Waals surface area contributed by atoms with E-state index in [9.17, 15) is 29.8 Å². The number of ether oxygens (including phenoxy) is 3. The lowest BCUT2D eigenvalue weighted by Crippen LogP contribution is -2.33. The first-order valence-corrected chi connectivity index (χ1v) is 10.3. The van der Waals surface area contributed by atoms with Crippen LogP contribution in [0.4, 0.5) is 0 Å². The standard InChI is InChI=1S/C20H30N2O11/c1-13-15(17(24)19(30-5)18(29-4)16(13)23)20(2,3)9-11-31-10-7-6-8-14(33-22(27)28)12-32-21(25)26/h14H,6-12H2,1-5H3/t14-/m0/s1. The van der Waals surface area contributed by atoms with E-state index < -0.39 is 39.9 Å². The number of rotatable bonds is 16. The van der Waals surface area contributed by atoms with Crippen molar-refractivity contribution >= 4 is 11.6 Å². The van der Waals surface area contributed by atoms with E-state index in [0.29, 0.717) is 43.6 Å². The molecule has 0 saturated heterocycles. The number of nitrogens with zero attached hydrogens (tertiary/aromatic N) is 2. The molecule has 0 spiro atoms. The van der Waals surface area contributed by atoms with Gasteiger partial charge in [0.2, 0.25) is 23.1 Å². The molecule has 13 nitrogen and oxygen atoms in total. The summed E-state index contributed by atoms with van der Waals surface area (Å²) in [6.45, 7) is 5.34. The fourth-order valence-electron chi connectivity index (χ4n) is 3.52. The summed E-state index contributed by atoms with van der Waals surface area (Å²) < 4.78 is 15.8. The third-order valence-electron chi connectivity index (χ3n) is 5.18. The van der Waals surface area contributed by atoms with Gasteiger partial charge >= 0.3 is 0 Å². The molecule has 13 heteroatoms. The van der Waals surface area contributed by atoms with E-state index in [-0.39, 0.29) is 17.9 Å². The Hall–Kier alpha value is -3.22. The van der Waals surface area contributed by atoms with Crippen molar-refractivity contribution in [3.05, 3.63) is 42.9 Å². The molecule has 0 heterocycles. The van der Waals surface area contributed by atoms with Crippen LogP contribution in [0.25, 0.3) is 0 Å². The van der Waals surface area contributed by atoms with Crippen molar-refractivity contribution < 1.29 is 43.6 Å². The van der Waals surface area contributed by atoms with Gasteiger partial charge in [-0.05, 0) is 38.0 Å². The number of hydrogen-bond acceptors (Lipinski definition) is 11. The van der Waals surface area contributed by atoms with Crippen LogP contribution < -0.4 is 0 Å². The quantitative estimate of drug-likeness (QED) is 0.139. The molecular weight excluding hydrogens is 444 g/mol. The minimum atomic E-state index is -1.05. The van der Waals surface area contributed by atoms with Crippen LogP contribution >= 0.6 is 0 Å². The maximum Gasteiger partial charge on any atom is 0.294 e. The minimum absolute atomic E-state index is 0.112. The number of methoxy groups -OCH3 is 2. The second-order valence-electron chi connectivity index (χ2n) is 7.94. The second-order valence-corrected chi connectivity index (χ2v) is 7.94. The average molecular weight is 474 g/mol. The van der Waals surface area contributed by atoms with E-state index in [2.05, 4.69) is 9.68 Å². The van der Waals surface area contributed by atoms with Crippen molar-refractivity contribution in [2.75, 3.05) is 34.0 Å². The topological polar surface area (TPSA) is 167 Å². The maximum atomic E-state index is 12.9. The van der Waals surface area contributed by atoms with Crippen LogP contribution in [0.2, 0.25) is 0 Å². The Morgan fingerprint density at radius 3 is 2.09 bits per heavy atom. The fraction of sp³-hybridized carbons (Fsp3) is 0.700. The first kappa shape index (κ1) is 27.8. The SMILES string of the molecule is COC1=C(OC)C(=O)C(C(C)(C)CCOCCCC[C@@H](CO[N+](=O)[O-])O[N+](=O)[O-])=C(C)C1=O. The summed E-state index contributed by atoms with van der Waals surface area (Å²) in [4.78, 5) is 54.7. The molecule has 1 atom stereocenters. The van der Waals surface area contributed by atoms with Gasteiger partial charge in [-0.1, -0.05) is 13.8 Å². The van der Waals surface area contributed by atoms with Crippen molar-refractivity contribution in [3.8, 4) is 0 Å². The van der Waals surface area contributed by atoms with Crippen molar-refractivity contribution in [1.29, 1.82) is 0 Å². The number of allylic oxidation sites excluding steroid dienone is 2. The maximum absolute atomic E-state index is 12.9. The van der Waals surface area contributed by atoms with Crippen LogP contribution in [0.15, 0.2) is 22.7 Å². The smallest absolute Gasteiger partial charge is 0.294 e. The third-order valence-corrected chi connectivity index (χ3v) is 5.18. The van der Waals surface area contributed by atoms with Crippen LogP contribution in [-0.2, 0) is 33.5 Å². The van der Waals surface area contributed by atoms with Gasteiger partial charge in [-0.15, -0.1) is 20.2 Å². The van der Waals surface area contributed by atoms with Crippen molar-refractivity contribution in [2.45, 2.75) is 52.6 Å². The fourth-order valence-corrected chi connectivity index (χ4v) is 3.52. The van der Waals surface area contributed by atoms with Crippen molar-refractivity contribution in [3.63, 3.8) is 0 Å². The average Bonchev–Trinajstić information content (AvgIpc) is 2.72.